The second-order valence-electron chi connectivity index (χ2n) is 8.11. The Kier molecular flexibility index (Phi) is 6.43. The van der Waals surface area contributed by atoms with Crippen LogP contribution in [0.1, 0.15) is 25.0 Å². The SMILES string of the molecule is CC(C)[C@H](N=C1NS(=O)(=O)c2ccccc21)C(=O)NCc1ccnc(N2CCOCC2)c1. The Balaban J connectivity index is 1.48. The monoisotopic (exact) mass is 457 g/mol. The summed E-state index contributed by atoms with van der Waals surface area (Å²) in [4.78, 5) is 24.2. The molecule has 1 aromatic carbocycles. The minimum Gasteiger partial charge on any atom is -0.378 e. The van der Waals surface area contributed by atoms with Crippen LogP contribution in [0.15, 0.2) is 52.5 Å². The summed E-state index contributed by atoms with van der Waals surface area (Å²) in [6, 6.07) is 9.71. The second-order valence-corrected chi connectivity index (χ2v) is 9.76. The number of nitrogens with zero attached hydrogens (tertiary/aromatic N) is 3. The van der Waals surface area contributed by atoms with Crippen LogP contribution < -0.4 is 14.9 Å². The number of carbonyl (C=O) groups is 1. The maximum atomic E-state index is 13.0. The van der Waals surface area contributed by atoms with Crippen molar-refractivity contribution in [2.45, 2.75) is 31.3 Å². The molecule has 0 spiro atoms. The zero-order valence-corrected chi connectivity index (χ0v) is 18.9. The van der Waals surface area contributed by atoms with E-state index in [1.807, 2.05) is 26.0 Å². The summed E-state index contributed by atoms with van der Waals surface area (Å²) in [5, 5.41) is 2.93. The van der Waals surface area contributed by atoms with E-state index in [4.69, 9.17) is 4.74 Å². The highest BCUT2D eigenvalue weighted by Gasteiger charge is 2.32. The molecule has 2 N–H and O–H groups in total. The molecule has 10 heteroatoms. The maximum absolute atomic E-state index is 13.0. The van der Waals surface area contributed by atoms with Crippen LogP contribution in [-0.4, -0.2) is 57.5 Å². The first-order valence-corrected chi connectivity index (χ1v) is 12.1. The third-order valence-electron chi connectivity index (χ3n) is 5.44. The van der Waals surface area contributed by atoms with Crippen LogP contribution in [0.2, 0.25) is 0 Å². The first-order chi connectivity index (χ1) is 15.3. The number of hydrogen-bond donors (Lipinski definition) is 2. The molecule has 0 aliphatic carbocycles. The van der Waals surface area contributed by atoms with E-state index < -0.39 is 16.1 Å². The minimum atomic E-state index is -3.66. The van der Waals surface area contributed by atoms with Crippen LogP contribution in [0.25, 0.3) is 0 Å². The molecule has 4 rings (SSSR count). The van der Waals surface area contributed by atoms with E-state index in [1.165, 1.54) is 6.07 Å². The van der Waals surface area contributed by atoms with Crippen molar-refractivity contribution < 1.29 is 17.9 Å². The Hall–Kier alpha value is -2.98. The van der Waals surface area contributed by atoms with Crippen molar-refractivity contribution in [3.05, 3.63) is 53.7 Å². The lowest BCUT2D eigenvalue weighted by Crippen LogP contribution is -2.38. The zero-order chi connectivity index (χ0) is 22.7. The van der Waals surface area contributed by atoms with Gasteiger partial charge in [-0.25, -0.2) is 13.4 Å². The molecule has 0 saturated carbocycles. The van der Waals surface area contributed by atoms with Gasteiger partial charge < -0.3 is 15.0 Å². The van der Waals surface area contributed by atoms with E-state index in [-0.39, 0.29) is 22.6 Å². The van der Waals surface area contributed by atoms with E-state index in [0.29, 0.717) is 25.3 Å². The molecular weight excluding hydrogens is 430 g/mol. The number of anilines is 1. The highest BCUT2D eigenvalue weighted by atomic mass is 32.2. The van der Waals surface area contributed by atoms with Crippen molar-refractivity contribution in [3.63, 3.8) is 0 Å². The fraction of sp³-hybridized carbons (Fsp3) is 0.409. The standard InChI is InChI=1S/C22H27N5O4S/c1-15(2)20(25-21-17-5-3-4-6-18(17)32(29,30)26-21)22(28)24-14-16-7-8-23-19(13-16)27-9-11-31-12-10-27/h3-8,13,15,20H,9-12,14H2,1-2H3,(H,24,28)(H,25,26)/t20-/m0/s1. The molecule has 170 valence electrons. The molecule has 0 unspecified atom stereocenters. The summed E-state index contributed by atoms with van der Waals surface area (Å²) in [5.74, 6) is 0.674. The number of hydrogen-bond acceptors (Lipinski definition) is 7. The van der Waals surface area contributed by atoms with Crippen molar-refractivity contribution >= 4 is 27.6 Å². The lowest BCUT2D eigenvalue weighted by atomic mass is 10.0. The van der Waals surface area contributed by atoms with Gasteiger partial charge in [0.2, 0.25) is 5.91 Å². The number of amides is 1. The van der Waals surface area contributed by atoms with Crippen molar-refractivity contribution in [2.75, 3.05) is 31.2 Å². The fourth-order valence-electron chi connectivity index (χ4n) is 3.71. The predicted molar refractivity (Wildman–Crippen MR) is 121 cm³/mol. The van der Waals surface area contributed by atoms with Crippen molar-refractivity contribution in [1.82, 2.24) is 15.0 Å². The van der Waals surface area contributed by atoms with Crippen LogP contribution in [0.5, 0.6) is 0 Å². The Morgan fingerprint density at radius 1 is 1.25 bits per heavy atom. The van der Waals surface area contributed by atoms with E-state index in [9.17, 15) is 13.2 Å². The van der Waals surface area contributed by atoms with Crippen molar-refractivity contribution in [3.8, 4) is 0 Å². The number of benzene rings is 1. The normalized spacial score (nSPS) is 19.5. The first kappa shape index (κ1) is 22.2. The fourth-order valence-corrected chi connectivity index (χ4v) is 4.95. The Morgan fingerprint density at radius 2 is 2.00 bits per heavy atom. The lowest BCUT2D eigenvalue weighted by Gasteiger charge is -2.28. The van der Waals surface area contributed by atoms with Gasteiger partial charge in [-0.05, 0) is 35.7 Å². The molecule has 1 aromatic heterocycles. The average Bonchev–Trinajstić information content (AvgIpc) is 3.06. The summed E-state index contributed by atoms with van der Waals surface area (Å²) in [5.41, 5.74) is 1.41. The third kappa shape index (κ3) is 4.76. The minimum absolute atomic E-state index is 0.124. The molecule has 0 bridgehead atoms. The molecule has 1 fully saturated rings. The molecule has 1 amide bonds. The van der Waals surface area contributed by atoms with Gasteiger partial charge in [0.1, 0.15) is 17.7 Å². The van der Waals surface area contributed by atoms with Crippen molar-refractivity contribution in [1.29, 1.82) is 0 Å². The van der Waals surface area contributed by atoms with Crippen LogP contribution in [-0.2, 0) is 26.1 Å². The molecular formula is C22H27N5O4S. The van der Waals surface area contributed by atoms with Gasteiger partial charge in [-0.1, -0.05) is 26.0 Å². The number of sulfonamides is 1. The quantitative estimate of drug-likeness (QED) is 0.676. The Morgan fingerprint density at radius 3 is 2.75 bits per heavy atom. The number of carbonyl (C=O) groups excluding carboxylic acids is 1. The number of amidine groups is 1. The van der Waals surface area contributed by atoms with E-state index in [0.717, 1.165) is 24.5 Å². The molecule has 2 aliphatic rings. The number of aliphatic imine (C=N–C) groups is 1. The van der Waals surface area contributed by atoms with Gasteiger partial charge in [0.15, 0.2) is 0 Å². The van der Waals surface area contributed by atoms with Crippen LogP contribution in [0.4, 0.5) is 5.82 Å². The Labute approximate surface area is 188 Å². The molecule has 0 radical (unpaired) electrons. The maximum Gasteiger partial charge on any atom is 0.263 e. The topological polar surface area (TPSA) is 113 Å². The van der Waals surface area contributed by atoms with Gasteiger partial charge in [-0.2, -0.15) is 0 Å². The van der Waals surface area contributed by atoms with Gasteiger partial charge in [0.25, 0.3) is 10.0 Å². The van der Waals surface area contributed by atoms with Crippen LogP contribution >= 0.6 is 0 Å². The molecule has 1 atom stereocenters. The Bertz CT molecular complexity index is 1130. The molecule has 1 saturated heterocycles. The lowest BCUT2D eigenvalue weighted by molar-refractivity contribution is -0.123. The summed E-state index contributed by atoms with van der Waals surface area (Å²) in [6.07, 6.45) is 1.73. The summed E-state index contributed by atoms with van der Waals surface area (Å²) in [6.45, 7) is 7.01. The predicted octanol–water partition coefficient (Wildman–Crippen LogP) is 1.30. The number of nitrogens with one attached hydrogen (secondary N) is 2. The summed E-state index contributed by atoms with van der Waals surface area (Å²) < 4.78 is 32.6. The molecule has 2 aromatic rings. The summed E-state index contributed by atoms with van der Waals surface area (Å²) in [7, 11) is -3.66. The summed E-state index contributed by atoms with van der Waals surface area (Å²) >= 11 is 0. The van der Waals surface area contributed by atoms with Crippen LogP contribution in [0, 0.1) is 5.92 Å². The average molecular weight is 458 g/mol. The number of morpholine rings is 1. The van der Waals surface area contributed by atoms with Gasteiger partial charge in [-0.3, -0.25) is 14.5 Å². The van der Waals surface area contributed by atoms with E-state index in [2.05, 4.69) is 24.9 Å². The first-order valence-electron chi connectivity index (χ1n) is 10.6. The largest absolute Gasteiger partial charge is 0.378 e. The highest BCUT2D eigenvalue weighted by Crippen LogP contribution is 2.23. The number of pyridine rings is 1. The highest BCUT2D eigenvalue weighted by molar-refractivity contribution is 7.90. The number of rotatable bonds is 6. The van der Waals surface area contributed by atoms with E-state index >= 15 is 0 Å². The smallest absolute Gasteiger partial charge is 0.263 e. The third-order valence-corrected chi connectivity index (χ3v) is 6.84. The molecule has 3 heterocycles. The zero-order valence-electron chi connectivity index (χ0n) is 18.1. The molecule has 2 aliphatic heterocycles. The van der Waals surface area contributed by atoms with Gasteiger partial charge in [0, 0.05) is 31.4 Å². The van der Waals surface area contributed by atoms with Crippen molar-refractivity contribution in [2.24, 2.45) is 10.9 Å². The number of aromatic nitrogens is 1. The molecule has 9 nitrogen and oxygen atoms in total. The number of ether oxygens (including phenoxy) is 1. The van der Waals surface area contributed by atoms with Gasteiger partial charge in [-0.15, -0.1) is 0 Å². The van der Waals surface area contributed by atoms with Crippen LogP contribution in [0.3, 0.4) is 0 Å². The van der Waals surface area contributed by atoms with Gasteiger partial charge >= 0.3 is 0 Å². The number of fused-ring (bicyclic) bond motifs is 1. The molecule has 32 heavy (non-hydrogen) atoms. The van der Waals surface area contributed by atoms with Gasteiger partial charge in [0.05, 0.1) is 18.1 Å². The second kappa shape index (κ2) is 9.25. The van der Waals surface area contributed by atoms with E-state index in [1.54, 1.807) is 24.4 Å².